The van der Waals surface area contributed by atoms with Gasteiger partial charge in [0, 0.05) is 12.4 Å². The smallest absolute Gasteiger partial charge is 0.0629 e. The van der Waals surface area contributed by atoms with E-state index in [0.29, 0.717) is 0 Å². The molecular formula is C12H18N2O. The Morgan fingerprint density at radius 2 is 2.13 bits per heavy atom. The van der Waals surface area contributed by atoms with Crippen molar-refractivity contribution >= 4 is 0 Å². The van der Waals surface area contributed by atoms with Gasteiger partial charge in [-0.3, -0.25) is 9.88 Å². The van der Waals surface area contributed by atoms with Crippen LogP contribution < -0.4 is 0 Å². The number of aliphatic hydroxyl groups is 1. The van der Waals surface area contributed by atoms with Gasteiger partial charge in [0.15, 0.2) is 0 Å². The first-order valence-corrected chi connectivity index (χ1v) is 5.66. The minimum absolute atomic E-state index is 0.138. The summed E-state index contributed by atoms with van der Waals surface area (Å²) in [4.78, 5) is 6.47. The first-order valence-electron chi connectivity index (χ1n) is 5.66. The normalized spacial score (nSPS) is 20.1. The molecule has 0 amide bonds. The van der Waals surface area contributed by atoms with E-state index in [9.17, 15) is 5.11 Å². The second kappa shape index (κ2) is 5.24. The third-order valence-electron chi connectivity index (χ3n) is 3.07. The largest absolute Gasteiger partial charge is 0.394 e. The van der Waals surface area contributed by atoms with E-state index >= 15 is 0 Å². The van der Waals surface area contributed by atoms with Crippen molar-refractivity contribution in [2.45, 2.75) is 25.3 Å². The van der Waals surface area contributed by atoms with Crippen LogP contribution in [0.4, 0.5) is 0 Å². The summed E-state index contributed by atoms with van der Waals surface area (Å²) in [5.74, 6) is 0. The summed E-state index contributed by atoms with van der Waals surface area (Å²) in [7, 11) is 0. The maximum Gasteiger partial charge on any atom is 0.0629 e. The molecular weight excluding hydrogens is 188 g/mol. The zero-order valence-corrected chi connectivity index (χ0v) is 8.97. The summed E-state index contributed by atoms with van der Waals surface area (Å²) < 4.78 is 0. The van der Waals surface area contributed by atoms with Crippen molar-refractivity contribution in [2.24, 2.45) is 0 Å². The Morgan fingerprint density at radius 1 is 1.33 bits per heavy atom. The number of hydrogen-bond acceptors (Lipinski definition) is 3. The van der Waals surface area contributed by atoms with Crippen molar-refractivity contribution in [1.29, 1.82) is 0 Å². The Kier molecular flexibility index (Phi) is 3.69. The van der Waals surface area contributed by atoms with E-state index in [1.54, 1.807) is 6.20 Å². The number of hydrogen-bond donors (Lipinski definition) is 1. The lowest BCUT2D eigenvalue weighted by Gasteiger charge is -2.33. The molecule has 3 nitrogen and oxygen atoms in total. The third-order valence-corrected chi connectivity index (χ3v) is 3.07. The summed E-state index contributed by atoms with van der Waals surface area (Å²) in [6.07, 6.45) is 7.44. The van der Waals surface area contributed by atoms with Crippen LogP contribution >= 0.6 is 0 Å². The molecule has 0 saturated carbocycles. The third kappa shape index (κ3) is 2.55. The molecule has 1 N–H and O–H groups in total. The molecule has 1 atom stereocenters. The maximum atomic E-state index is 9.46. The molecule has 1 fully saturated rings. The number of aliphatic hydroxyl groups excluding tert-OH is 1. The molecule has 2 heterocycles. The Hall–Kier alpha value is -0.930. The summed E-state index contributed by atoms with van der Waals surface area (Å²) >= 11 is 0. The van der Waals surface area contributed by atoms with E-state index in [1.807, 2.05) is 18.3 Å². The highest BCUT2D eigenvalue weighted by molar-refractivity contribution is 5.14. The van der Waals surface area contributed by atoms with Crippen molar-refractivity contribution in [2.75, 3.05) is 19.7 Å². The highest BCUT2D eigenvalue weighted by Crippen LogP contribution is 2.23. The molecule has 82 valence electrons. The monoisotopic (exact) mass is 206 g/mol. The molecule has 1 aliphatic rings. The number of likely N-dealkylation sites (tertiary alicyclic amines) is 1. The fourth-order valence-electron chi connectivity index (χ4n) is 2.23. The van der Waals surface area contributed by atoms with Gasteiger partial charge >= 0.3 is 0 Å². The molecule has 1 aliphatic heterocycles. The van der Waals surface area contributed by atoms with E-state index < -0.39 is 0 Å². The molecule has 1 saturated heterocycles. The summed E-state index contributed by atoms with van der Waals surface area (Å²) in [5.41, 5.74) is 1.13. The Labute approximate surface area is 90.8 Å². The Balaban J connectivity index is 2.09. The molecule has 1 unspecified atom stereocenters. The summed E-state index contributed by atoms with van der Waals surface area (Å²) in [6.45, 7) is 2.38. The molecule has 0 aromatic carbocycles. The van der Waals surface area contributed by atoms with Gasteiger partial charge in [-0.25, -0.2) is 0 Å². The molecule has 2 rings (SSSR count). The number of nitrogens with zero attached hydrogens (tertiary/aromatic N) is 2. The first kappa shape index (κ1) is 10.6. The van der Waals surface area contributed by atoms with Crippen LogP contribution in [0.5, 0.6) is 0 Å². The zero-order valence-electron chi connectivity index (χ0n) is 8.97. The second-order valence-electron chi connectivity index (χ2n) is 4.08. The standard InChI is InChI=1S/C12H18N2O/c15-10-12(11-5-4-6-13-9-11)14-7-2-1-3-8-14/h4-6,9,12,15H,1-3,7-8,10H2. The summed E-state index contributed by atoms with van der Waals surface area (Å²) in [5, 5.41) is 9.46. The van der Waals surface area contributed by atoms with Crippen LogP contribution in [0.3, 0.4) is 0 Å². The molecule has 1 aromatic rings. The highest BCUT2D eigenvalue weighted by Gasteiger charge is 2.21. The summed E-state index contributed by atoms with van der Waals surface area (Å²) in [6, 6.07) is 4.11. The van der Waals surface area contributed by atoms with Gasteiger partial charge in [0.2, 0.25) is 0 Å². The van der Waals surface area contributed by atoms with Crippen molar-refractivity contribution in [3.05, 3.63) is 30.1 Å². The van der Waals surface area contributed by atoms with Crippen LogP contribution in [0.2, 0.25) is 0 Å². The quantitative estimate of drug-likeness (QED) is 0.816. The van der Waals surface area contributed by atoms with Crippen LogP contribution in [-0.4, -0.2) is 34.7 Å². The van der Waals surface area contributed by atoms with Gasteiger partial charge in [-0.05, 0) is 37.6 Å². The van der Waals surface area contributed by atoms with E-state index in [1.165, 1.54) is 19.3 Å². The van der Waals surface area contributed by atoms with Crippen LogP contribution in [0, 0.1) is 0 Å². The van der Waals surface area contributed by atoms with Gasteiger partial charge in [0.1, 0.15) is 0 Å². The fraction of sp³-hybridized carbons (Fsp3) is 0.583. The molecule has 1 aromatic heterocycles. The number of pyridine rings is 1. The van der Waals surface area contributed by atoms with Gasteiger partial charge in [0.25, 0.3) is 0 Å². The zero-order chi connectivity index (χ0) is 10.5. The van der Waals surface area contributed by atoms with Gasteiger partial charge in [-0.2, -0.15) is 0 Å². The molecule has 15 heavy (non-hydrogen) atoms. The fourth-order valence-corrected chi connectivity index (χ4v) is 2.23. The van der Waals surface area contributed by atoms with Crippen LogP contribution in [0.25, 0.3) is 0 Å². The van der Waals surface area contributed by atoms with E-state index in [4.69, 9.17) is 0 Å². The van der Waals surface area contributed by atoms with Gasteiger partial charge < -0.3 is 5.11 Å². The molecule has 0 spiro atoms. The topological polar surface area (TPSA) is 36.4 Å². The lowest BCUT2D eigenvalue weighted by Crippen LogP contribution is -2.35. The van der Waals surface area contributed by atoms with E-state index in [0.717, 1.165) is 18.7 Å². The second-order valence-corrected chi connectivity index (χ2v) is 4.08. The minimum Gasteiger partial charge on any atom is -0.394 e. The first-order chi connectivity index (χ1) is 7.42. The van der Waals surface area contributed by atoms with Crippen molar-refractivity contribution < 1.29 is 5.11 Å². The Morgan fingerprint density at radius 3 is 2.73 bits per heavy atom. The minimum atomic E-state index is 0.138. The van der Waals surface area contributed by atoms with Crippen molar-refractivity contribution in [3.63, 3.8) is 0 Å². The molecule has 3 heteroatoms. The van der Waals surface area contributed by atoms with E-state index in [2.05, 4.69) is 9.88 Å². The lowest BCUT2D eigenvalue weighted by atomic mass is 10.0. The Bertz CT molecular complexity index is 283. The van der Waals surface area contributed by atoms with Gasteiger partial charge in [-0.15, -0.1) is 0 Å². The molecule has 0 radical (unpaired) electrons. The molecule has 0 bridgehead atoms. The predicted octanol–water partition coefficient (Wildman–Crippen LogP) is 1.60. The van der Waals surface area contributed by atoms with Crippen LogP contribution in [0.1, 0.15) is 30.9 Å². The average molecular weight is 206 g/mol. The maximum absolute atomic E-state index is 9.46. The average Bonchev–Trinajstić information content (AvgIpc) is 2.33. The van der Waals surface area contributed by atoms with Crippen molar-refractivity contribution in [1.82, 2.24) is 9.88 Å². The lowest BCUT2D eigenvalue weighted by molar-refractivity contribution is 0.104. The van der Waals surface area contributed by atoms with Crippen molar-refractivity contribution in [3.8, 4) is 0 Å². The van der Waals surface area contributed by atoms with Crippen LogP contribution in [-0.2, 0) is 0 Å². The molecule has 0 aliphatic carbocycles. The van der Waals surface area contributed by atoms with Gasteiger partial charge in [0.05, 0.1) is 12.6 Å². The van der Waals surface area contributed by atoms with Crippen LogP contribution in [0.15, 0.2) is 24.5 Å². The number of rotatable bonds is 3. The van der Waals surface area contributed by atoms with Gasteiger partial charge in [-0.1, -0.05) is 12.5 Å². The highest BCUT2D eigenvalue weighted by atomic mass is 16.3. The number of aromatic nitrogens is 1. The number of piperidine rings is 1. The predicted molar refractivity (Wildman–Crippen MR) is 59.5 cm³/mol. The SMILES string of the molecule is OCC(c1cccnc1)N1CCCCC1. The van der Waals surface area contributed by atoms with E-state index in [-0.39, 0.29) is 12.6 Å².